The van der Waals surface area contributed by atoms with E-state index in [0.29, 0.717) is 12.2 Å². The van der Waals surface area contributed by atoms with Gasteiger partial charge in [0.2, 0.25) is 0 Å². The first-order valence-corrected chi connectivity index (χ1v) is 9.56. The zero-order valence-corrected chi connectivity index (χ0v) is 17.6. The molecule has 0 saturated heterocycles. The number of aromatic nitrogens is 1. The third-order valence-electron chi connectivity index (χ3n) is 4.95. The molecule has 152 valence electrons. The predicted octanol–water partition coefficient (Wildman–Crippen LogP) is 4.06. The number of pyridine rings is 1. The van der Waals surface area contributed by atoms with E-state index < -0.39 is 5.91 Å². The van der Waals surface area contributed by atoms with Crippen molar-refractivity contribution in [1.29, 1.82) is 0 Å². The second-order valence-corrected chi connectivity index (χ2v) is 8.17. The molecule has 1 amide bonds. The number of nitrogen functional groups attached to an aromatic ring is 1. The first kappa shape index (κ1) is 20.6. The molecule has 4 N–H and O–H groups in total. The summed E-state index contributed by atoms with van der Waals surface area (Å²) in [5, 5.41) is 4.53. The summed E-state index contributed by atoms with van der Waals surface area (Å²) in [7, 11) is 1.66. The molecule has 6 heteroatoms. The third kappa shape index (κ3) is 4.49. The van der Waals surface area contributed by atoms with Crippen molar-refractivity contribution in [1.82, 2.24) is 10.4 Å². The number of nitrogens with two attached hydrogens (primary N) is 1. The van der Waals surface area contributed by atoms with Gasteiger partial charge in [0.05, 0.1) is 12.6 Å². The fourth-order valence-corrected chi connectivity index (χ4v) is 3.30. The molecule has 0 bridgehead atoms. The Morgan fingerprint density at radius 1 is 1.14 bits per heavy atom. The summed E-state index contributed by atoms with van der Waals surface area (Å²) < 4.78 is 5.22. The van der Waals surface area contributed by atoms with E-state index >= 15 is 0 Å². The van der Waals surface area contributed by atoms with Crippen LogP contribution in [0.25, 0.3) is 10.9 Å². The summed E-state index contributed by atoms with van der Waals surface area (Å²) in [6.45, 7) is 9.10. The van der Waals surface area contributed by atoms with Gasteiger partial charge in [-0.1, -0.05) is 32.9 Å². The first-order chi connectivity index (χ1) is 13.7. The zero-order chi connectivity index (χ0) is 21.2. The molecule has 0 aliphatic heterocycles. The summed E-state index contributed by atoms with van der Waals surface area (Å²) in [6, 6.07) is 14.0. The van der Waals surface area contributed by atoms with E-state index in [0.717, 1.165) is 39.0 Å². The van der Waals surface area contributed by atoms with Crippen LogP contribution in [0, 0.1) is 6.92 Å². The number of carbonyl (C=O) groups is 1. The summed E-state index contributed by atoms with van der Waals surface area (Å²) in [6.07, 6.45) is 0. The molecule has 0 unspecified atom stereocenters. The van der Waals surface area contributed by atoms with Gasteiger partial charge in [-0.05, 0) is 59.4 Å². The maximum Gasteiger partial charge on any atom is 0.283 e. The molecule has 3 rings (SSSR count). The van der Waals surface area contributed by atoms with Gasteiger partial charge in [0, 0.05) is 17.6 Å². The van der Waals surface area contributed by atoms with E-state index in [2.05, 4.69) is 48.6 Å². The van der Waals surface area contributed by atoms with E-state index in [1.165, 1.54) is 0 Å². The lowest BCUT2D eigenvalue weighted by atomic mass is 9.84. The second kappa shape index (κ2) is 8.09. The number of hydrogen-bond acceptors (Lipinski definition) is 5. The highest BCUT2D eigenvalue weighted by molar-refractivity contribution is 5.97. The second-order valence-electron chi connectivity index (χ2n) is 8.17. The van der Waals surface area contributed by atoms with Crippen LogP contribution in [0.2, 0.25) is 0 Å². The number of benzene rings is 2. The highest BCUT2D eigenvalue weighted by Crippen LogP contribution is 2.34. The number of nitrogens with one attached hydrogen (secondary N) is 2. The minimum Gasteiger partial charge on any atom is -0.497 e. The van der Waals surface area contributed by atoms with Crippen LogP contribution in [0.3, 0.4) is 0 Å². The molecule has 0 fully saturated rings. The number of methoxy groups -OCH3 is 1. The predicted molar refractivity (Wildman–Crippen MR) is 117 cm³/mol. The Labute approximate surface area is 171 Å². The van der Waals surface area contributed by atoms with Crippen LogP contribution in [-0.4, -0.2) is 18.0 Å². The van der Waals surface area contributed by atoms with Gasteiger partial charge in [-0.15, -0.1) is 0 Å². The lowest BCUT2D eigenvalue weighted by Crippen LogP contribution is -2.31. The van der Waals surface area contributed by atoms with Crippen LogP contribution in [0.5, 0.6) is 5.75 Å². The van der Waals surface area contributed by atoms with Crippen molar-refractivity contribution in [3.63, 3.8) is 0 Å². The van der Waals surface area contributed by atoms with Gasteiger partial charge in [0.15, 0.2) is 0 Å². The van der Waals surface area contributed by atoms with Crippen molar-refractivity contribution in [2.75, 3.05) is 12.4 Å². The van der Waals surface area contributed by atoms with Gasteiger partial charge in [-0.2, -0.15) is 0 Å². The van der Waals surface area contributed by atoms with Crippen LogP contribution in [0.4, 0.5) is 5.69 Å². The maximum absolute atomic E-state index is 12.0. The van der Waals surface area contributed by atoms with Crippen molar-refractivity contribution < 1.29 is 9.53 Å². The van der Waals surface area contributed by atoms with E-state index in [1.807, 2.05) is 31.2 Å². The summed E-state index contributed by atoms with van der Waals surface area (Å²) in [4.78, 5) is 16.6. The monoisotopic (exact) mass is 392 g/mol. The van der Waals surface area contributed by atoms with E-state index in [9.17, 15) is 4.79 Å². The van der Waals surface area contributed by atoms with Crippen molar-refractivity contribution >= 4 is 22.5 Å². The fourth-order valence-electron chi connectivity index (χ4n) is 3.30. The number of nitrogens with zero attached hydrogens (tertiary/aromatic N) is 1. The number of amides is 1. The Morgan fingerprint density at radius 2 is 1.83 bits per heavy atom. The van der Waals surface area contributed by atoms with Crippen LogP contribution >= 0.6 is 0 Å². The molecule has 0 saturated carbocycles. The molecule has 0 atom stereocenters. The molecule has 1 heterocycles. The van der Waals surface area contributed by atoms with Gasteiger partial charge >= 0.3 is 0 Å². The van der Waals surface area contributed by atoms with E-state index in [4.69, 9.17) is 10.6 Å². The normalized spacial score (nSPS) is 11.4. The lowest BCUT2D eigenvalue weighted by Gasteiger charge is -2.23. The van der Waals surface area contributed by atoms with Gasteiger partial charge in [0.25, 0.3) is 5.91 Å². The third-order valence-corrected chi connectivity index (χ3v) is 4.95. The number of ether oxygens (including phenoxy) is 1. The van der Waals surface area contributed by atoms with Gasteiger partial charge in [-0.3, -0.25) is 10.2 Å². The molecule has 0 aliphatic rings. The summed E-state index contributed by atoms with van der Waals surface area (Å²) in [5.41, 5.74) is 7.39. The Morgan fingerprint density at radius 3 is 2.41 bits per heavy atom. The summed E-state index contributed by atoms with van der Waals surface area (Å²) in [5.74, 6) is 5.75. The molecule has 0 spiro atoms. The Balaban J connectivity index is 2.02. The number of rotatable bonds is 5. The van der Waals surface area contributed by atoms with Crippen LogP contribution in [-0.2, 0) is 12.0 Å². The Kier molecular flexibility index (Phi) is 5.75. The van der Waals surface area contributed by atoms with Gasteiger partial charge < -0.3 is 10.1 Å². The topological polar surface area (TPSA) is 89.3 Å². The van der Waals surface area contributed by atoms with Crippen molar-refractivity contribution in [3.05, 3.63) is 64.8 Å². The Bertz CT molecular complexity index is 1040. The minimum absolute atomic E-state index is 0.146. The number of carbonyl (C=O) groups excluding carboxylic acids is 1. The van der Waals surface area contributed by atoms with Crippen molar-refractivity contribution in [3.8, 4) is 5.75 Å². The molecule has 0 radical (unpaired) electrons. The number of hydrazine groups is 1. The van der Waals surface area contributed by atoms with Crippen LogP contribution in [0.15, 0.2) is 42.5 Å². The largest absolute Gasteiger partial charge is 0.497 e. The average molecular weight is 393 g/mol. The molecule has 2 aromatic carbocycles. The fraction of sp³-hybridized carbons (Fsp3) is 0.304. The van der Waals surface area contributed by atoms with Crippen LogP contribution < -0.4 is 21.3 Å². The highest BCUT2D eigenvalue weighted by Gasteiger charge is 2.21. The zero-order valence-electron chi connectivity index (χ0n) is 17.6. The number of hydrogen-bond donors (Lipinski definition) is 3. The highest BCUT2D eigenvalue weighted by atomic mass is 16.5. The van der Waals surface area contributed by atoms with Crippen LogP contribution in [0.1, 0.15) is 48.0 Å². The van der Waals surface area contributed by atoms with E-state index in [-0.39, 0.29) is 5.41 Å². The molecular formula is C23H28N4O2. The van der Waals surface area contributed by atoms with Crippen molar-refractivity contribution in [2.24, 2.45) is 5.84 Å². The average Bonchev–Trinajstić information content (AvgIpc) is 2.70. The molecular weight excluding hydrogens is 364 g/mol. The minimum atomic E-state index is -0.392. The van der Waals surface area contributed by atoms with Gasteiger partial charge in [-0.25, -0.2) is 10.8 Å². The standard InChI is InChI=1S/C23H28N4O2/c1-14-10-20(22(28)27-24)26-21-18(14)11-16(12-19(21)23(2,3)4)25-13-15-6-8-17(29-5)9-7-15/h6-12,25H,13,24H2,1-5H3,(H,27,28). The molecule has 0 aliphatic carbocycles. The molecule has 6 nitrogen and oxygen atoms in total. The first-order valence-electron chi connectivity index (χ1n) is 9.56. The maximum atomic E-state index is 12.0. The number of anilines is 1. The molecule has 29 heavy (non-hydrogen) atoms. The van der Waals surface area contributed by atoms with Crippen molar-refractivity contribution in [2.45, 2.75) is 39.7 Å². The van der Waals surface area contributed by atoms with E-state index in [1.54, 1.807) is 13.2 Å². The number of fused-ring (bicyclic) bond motifs is 1. The smallest absolute Gasteiger partial charge is 0.283 e. The number of aryl methyl sites for hydroxylation is 1. The lowest BCUT2D eigenvalue weighted by molar-refractivity contribution is 0.0949. The summed E-state index contributed by atoms with van der Waals surface area (Å²) >= 11 is 0. The molecule has 3 aromatic rings. The Hall–Kier alpha value is -3.12. The quantitative estimate of drug-likeness (QED) is 0.346. The SMILES string of the molecule is COc1ccc(CNc2cc(C(C)(C)C)c3nc(C(=O)NN)cc(C)c3c2)cc1. The van der Waals surface area contributed by atoms with Gasteiger partial charge in [0.1, 0.15) is 11.4 Å². The molecule has 1 aromatic heterocycles.